The summed E-state index contributed by atoms with van der Waals surface area (Å²) < 4.78 is 5.16. The number of nitrogens with zero attached hydrogens (tertiary/aromatic N) is 1. The Balaban J connectivity index is 1.84. The summed E-state index contributed by atoms with van der Waals surface area (Å²) >= 11 is 7.46. The summed E-state index contributed by atoms with van der Waals surface area (Å²) in [6.07, 6.45) is -0.500. The van der Waals surface area contributed by atoms with Gasteiger partial charge in [0.25, 0.3) is 5.91 Å². The summed E-state index contributed by atoms with van der Waals surface area (Å²) in [5.41, 5.74) is 3.43. The van der Waals surface area contributed by atoms with Crippen LogP contribution in [0, 0.1) is 13.8 Å². The van der Waals surface area contributed by atoms with Crippen LogP contribution in [-0.4, -0.2) is 23.1 Å². The molecule has 134 valence electrons. The van der Waals surface area contributed by atoms with Gasteiger partial charge in [-0.3, -0.25) is 4.79 Å². The van der Waals surface area contributed by atoms with E-state index in [0.29, 0.717) is 10.4 Å². The molecule has 1 amide bonds. The van der Waals surface area contributed by atoms with Crippen molar-refractivity contribution in [3.8, 4) is 11.5 Å². The average Bonchev–Trinajstić information content (AvgIpc) is 2.96. The van der Waals surface area contributed by atoms with Crippen molar-refractivity contribution in [1.29, 1.82) is 0 Å². The quantitative estimate of drug-likeness (QED) is 0.613. The molecule has 0 unspecified atom stereocenters. The predicted octanol–water partition coefficient (Wildman–Crippen LogP) is 4.13. The van der Waals surface area contributed by atoms with E-state index in [4.69, 9.17) is 16.3 Å². The number of fused-ring (bicyclic) bond motifs is 3. The number of nitrogens with one attached hydrogen (secondary N) is 2. The molecule has 26 heavy (non-hydrogen) atoms. The van der Waals surface area contributed by atoms with Crippen LogP contribution in [0.5, 0.6) is 11.5 Å². The minimum atomic E-state index is -0.500. The van der Waals surface area contributed by atoms with E-state index in [1.54, 1.807) is 12.1 Å². The van der Waals surface area contributed by atoms with Gasteiger partial charge in [-0.15, -0.1) is 11.3 Å². The fourth-order valence-corrected chi connectivity index (χ4v) is 4.58. The van der Waals surface area contributed by atoms with Gasteiger partial charge < -0.3 is 20.5 Å². The Morgan fingerprint density at radius 2 is 2.04 bits per heavy atom. The number of phenolic OH excluding ortho intramolecular Hbond substituents is 1. The number of benzene rings is 1. The Hall–Kier alpha value is -2.51. The van der Waals surface area contributed by atoms with Crippen molar-refractivity contribution in [2.24, 2.45) is 0 Å². The van der Waals surface area contributed by atoms with E-state index in [-0.39, 0.29) is 22.4 Å². The number of hydrogen-bond donors (Lipinski definition) is 3. The summed E-state index contributed by atoms with van der Waals surface area (Å²) in [5, 5.41) is 17.3. The van der Waals surface area contributed by atoms with Crippen LogP contribution in [0.15, 0.2) is 18.2 Å². The largest absolute Gasteiger partial charge is 0.503 e. The smallest absolute Gasteiger partial charge is 0.265 e. The maximum absolute atomic E-state index is 12.7. The molecule has 8 heteroatoms. The van der Waals surface area contributed by atoms with Crippen molar-refractivity contribution in [2.75, 3.05) is 12.4 Å². The van der Waals surface area contributed by atoms with Crippen LogP contribution in [-0.2, 0) is 0 Å². The number of thiophene rings is 1. The SMILES string of the molecule is COc1cc([C@H]2NC(=O)c3sc4nc(C)cc(C)c4c3N2)cc(Cl)c1O. The van der Waals surface area contributed by atoms with E-state index in [1.165, 1.54) is 18.4 Å². The third kappa shape index (κ3) is 2.55. The van der Waals surface area contributed by atoms with Crippen LogP contribution in [0.4, 0.5) is 5.69 Å². The zero-order valence-electron chi connectivity index (χ0n) is 14.3. The standard InChI is InChI=1S/C18H16ClN3O3S/c1-7-4-8(2)20-18-12(7)13-15(26-18)17(24)22-16(21-13)9-5-10(19)14(23)11(6-9)25-3/h4-6,16,21,23H,1-3H3,(H,22,24)/t16-/m1/s1. The first-order valence-corrected chi connectivity index (χ1v) is 9.13. The second kappa shape index (κ2) is 6.03. The normalized spacial score (nSPS) is 16.2. The minimum absolute atomic E-state index is 0.128. The van der Waals surface area contributed by atoms with E-state index in [9.17, 15) is 9.90 Å². The number of ether oxygens (including phenoxy) is 1. The molecule has 0 fully saturated rings. The second-order valence-corrected chi connectivity index (χ2v) is 7.58. The Kier molecular flexibility index (Phi) is 3.93. The first-order valence-electron chi connectivity index (χ1n) is 7.93. The number of halogens is 1. The highest BCUT2D eigenvalue weighted by molar-refractivity contribution is 7.21. The van der Waals surface area contributed by atoms with E-state index in [0.717, 1.165) is 27.2 Å². The highest BCUT2D eigenvalue weighted by atomic mass is 35.5. The van der Waals surface area contributed by atoms with Crippen molar-refractivity contribution in [1.82, 2.24) is 10.3 Å². The molecular formula is C18H16ClN3O3S. The van der Waals surface area contributed by atoms with Crippen molar-refractivity contribution < 1.29 is 14.6 Å². The molecule has 0 saturated carbocycles. The Morgan fingerprint density at radius 1 is 1.27 bits per heavy atom. The molecule has 1 aliphatic rings. The van der Waals surface area contributed by atoms with E-state index >= 15 is 0 Å². The molecule has 1 atom stereocenters. The molecule has 3 N–H and O–H groups in total. The van der Waals surface area contributed by atoms with Crippen molar-refractivity contribution in [3.63, 3.8) is 0 Å². The van der Waals surface area contributed by atoms with Gasteiger partial charge in [-0.05, 0) is 43.2 Å². The fraction of sp³-hybridized carbons (Fsp3) is 0.222. The highest BCUT2D eigenvalue weighted by Crippen LogP contribution is 2.42. The van der Waals surface area contributed by atoms with Crippen LogP contribution in [0.25, 0.3) is 10.2 Å². The average molecular weight is 390 g/mol. The van der Waals surface area contributed by atoms with Gasteiger partial charge in [-0.25, -0.2) is 4.98 Å². The number of aromatic nitrogens is 1. The second-order valence-electron chi connectivity index (χ2n) is 6.17. The lowest BCUT2D eigenvalue weighted by atomic mass is 10.1. The van der Waals surface area contributed by atoms with Crippen LogP contribution >= 0.6 is 22.9 Å². The molecule has 1 aromatic carbocycles. The highest BCUT2D eigenvalue weighted by Gasteiger charge is 2.30. The number of carbonyl (C=O) groups excluding carboxylic acids is 1. The number of rotatable bonds is 2. The third-order valence-corrected chi connectivity index (χ3v) is 5.73. The maximum atomic E-state index is 12.7. The van der Waals surface area contributed by atoms with Gasteiger partial charge in [0.1, 0.15) is 15.9 Å². The van der Waals surface area contributed by atoms with Crippen molar-refractivity contribution >= 4 is 44.7 Å². The lowest BCUT2D eigenvalue weighted by Crippen LogP contribution is -2.37. The van der Waals surface area contributed by atoms with Gasteiger partial charge in [0.15, 0.2) is 11.5 Å². The molecule has 0 aliphatic carbocycles. The first kappa shape index (κ1) is 16.9. The zero-order chi connectivity index (χ0) is 18.6. The van der Waals surface area contributed by atoms with E-state index in [2.05, 4.69) is 15.6 Å². The summed E-state index contributed by atoms with van der Waals surface area (Å²) in [5.74, 6) is -0.0535. The summed E-state index contributed by atoms with van der Waals surface area (Å²) in [6.45, 7) is 3.94. The molecule has 6 nitrogen and oxygen atoms in total. The number of anilines is 1. The number of phenols is 1. The number of aromatic hydroxyl groups is 1. The van der Waals surface area contributed by atoms with Gasteiger partial charge in [0, 0.05) is 11.1 Å². The predicted molar refractivity (Wildman–Crippen MR) is 103 cm³/mol. The Labute approximate surface area is 158 Å². The zero-order valence-corrected chi connectivity index (χ0v) is 15.9. The van der Waals surface area contributed by atoms with Crippen LogP contribution < -0.4 is 15.4 Å². The molecule has 4 rings (SSSR count). The maximum Gasteiger partial charge on any atom is 0.265 e. The molecule has 2 aromatic heterocycles. The van der Waals surface area contributed by atoms with Gasteiger partial charge in [0.2, 0.25) is 0 Å². The van der Waals surface area contributed by atoms with Crippen molar-refractivity contribution in [2.45, 2.75) is 20.0 Å². The monoisotopic (exact) mass is 389 g/mol. The number of pyridine rings is 1. The van der Waals surface area contributed by atoms with Crippen LogP contribution in [0.2, 0.25) is 5.02 Å². The molecular weight excluding hydrogens is 374 g/mol. The van der Waals surface area contributed by atoms with Gasteiger partial charge in [-0.1, -0.05) is 11.6 Å². The van der Waals surface area contributed by atoms with E-state index in [1.807, 2.05) is 19.9 Å². The molecule has 3 aromatic rings. The first-order chi connectivity index (χ1) is 12.4. The van der Waals surface area contributed by atoms with E-state index < -0.39 is 6.17 Å². The molecule has 0 saturated heterocycles. The number of hydrogen-bond acceptors (Lipinski definition) is 6. The number of aryl methyl sites for hydroxylation is 2. The Morgan fingerprint density at radius 3 is 2.77 bits per heavy atom. The Bertz CT molecular complexity index is 1060. The lowest BCUT2D eigenvalue weighted by Gasteiger charge is -2.27. The lowest BCUT2D eigenvalue weighted by molar-refractivity contribution is 0.0940. The molecule has 0 radical (unpaired) electrons. The molecule has 3 heterocycles. The fourth-order valence-electron chi connectivity index (χ4n) is 3.20. The van der Waals surface area contributed by atoms with Crippen LogP contribution in [0.3, 0.4) is 0 Å². The number of methoxy groups -OCH3 is 1. The molecule has 0 spiro atoms. The van der Waals surface area contributed by atoms with Gasteiger partial charge in [-0.2, -0.15) is 0 Å². The van der Waals surface area contributed by atoms with Crippen molar-refractivity contribution in [3.05, 3.63) is 44.9 Å². The topological polar surface area (TPSA) is 83.5 Å². The van der Waals surface area contributed by atoms with Gasteiger partial charge in [0.05, 0.1) is 17.8 Å². The summed E-state index contributed by atoms with van der Waals surface area (Å²) in [4.78, 5) is 18.6. The van der Waals surface area contributed by atoms with Gasteiger partial charge >= 0.3 is 0 Å². The number of amides is 1. The van der Waals surface area contributed by atoms with Crippen LogP contribution in [0.1, 0.15) is 32.7 Å². The molecule has 1 aliphatic heterocycles. The summed E-state index contributed by atoms with van der Waals surface area (Å²) in [7, 11) is 1.45. The molecule has 0 bridgehead atoms. The number of carbonyl (C=O) groups is 1. The minimum Gasteiger partial charge on any atom is -0.503 e. The summed E-state index contributed by atoms with van der Waals surface area (Å²) in [6, 6.07) is 5.25. The third-order valence-electron chi connectivity index (χ3n) is 4.36.